The van der Waals surface area contributed by atoms with E-state index in [2.05, 4.69) is 0 Å². The van der Waals surface area contributed by atoms with E-state index in [1.54, 1.807) is 18.2 Å². The van der Waals surface area contributed by atoms with Crippen molar-refractivity contribution in [2.45, 2.75) is 25.8 Å². The summed E-state index contributed by atoms with van der Waals surface area (Å²) in [6.07, 6.45) is 1.32. The molecule has 170 valence electrons. The van der Waals surface area contributed by atoms with Gasteiger partial charge in [-0.2, -0.15) is 0 Å². The Morgan fingerprint density at radius 2 is 1.88 bits per heavy atom. The molecule has 1 aliphatic rings. The fraction of sp³-hybridized carbons (Fsp3) is 0.200. The lowest BCUT2D eigenvalue weighted by Gasteiger charge is -2.24. The number of halogens is 2. The van der Waals surface area contributed by atoms with Gasteiger partial charge in [-0.15, -0.1) is 0 Å². The number of aliphatic hydroxyl groups excluding tert-OH is 1. The highest BCUT2D eigenvalue weighted by Crippen LogP contribution is 2.43. The number of rotatable bonds is 5. The Hall–Kier alpha value is -3.94. The van der Waals surface area contributed by atoms with Gasteiger partial charge in [0.1, 0.15) is 34.9 Å². The average molecular weight is 453 g/mol. The van der Waals surface area contributed by atoms with Crippen LogP contribution in [0, 0.1) is 11.6 Å². The second-order valence-electron chi connectivity index (χ2n) is 7.89. The van der Waals surface area contributed by atoms with Gasteiger partial charge in [-0.25, -0.2) is 8.78 Å². The first-order valence-corrected chi connectivity index (χ1v) is 10.2. The Bertz CT molecular complexity index is 1260. The number of carbonyl (C=O) groups is 2. The minimum Gasteiger partial charge on any atom is -0.507 e. The molecule has 6 nitrogen and oxygen atoms in total. The van der Waals surface area contributed by atoms with Gasteiger partial charge in [-0.05, 0) is 53.9 Å². The molecule has 33 heavy (non-hydrogen) atoms. The Kier molecular flexibility index (Phi) is 5.76. The van der Waals surface area contributed by atoms with Gasteiger partial charge in [0.15, 0.2) is 0 Å². The van der Waals surface area contributed by atoms with E-state index in [1.807, 2.05) is 13.8 Å². The third-order valence-electron chi connectivity index (χ3n) is 5.55. The highest BCUT2D eigenvalue weighted by Gasteiger charge is 2.49. The standard InChI is InChI=1S/C25H21F2NO5/c1-13(2)16-11-14(6-9-19(16)32-3)23(29)21-22(20-5-4-10-33-20)28(25(31)24(21)30)18-12-15(26)7-8-17(18)27/h4-13,22,29H,1-3H3/b23-21-. The number of ketones is 1. The molecule has 1 amide bonds. The lowest BCUT2D eigenvalue weighted by molar-refractivity contribution is -0.132. The number of carbonyl (C=O) groups excluding carboxylic acids is 2. The van der Waals surface area contributed by atoms with Crippen molar-refractivity contribution in [2.75, 3.05) is 12.0 Å². The van der Waals surface area contributed by atoms with Crippen LogP contribution in [0.2, 0.25) is 0 Å². The van der Waals surface area contributed by atoms with Gasteiger partial charge in [-0.1, -0.05) is 13.8 Å². The molecule has 1 aliphatic heterocycles. The molecule has 3 aromatic rings. The van der Waals surface area contributed by atoms with Gasteiger partial charge in [0, 0.05) is 11.6 Å². The van der Waals surface area contributed by atoms with Gasteiger partial charge < -0.3 is 14.3 Å². The third-order valence-corrected chi connectivity index (χ3v) is 5.55. The Morgan fingerprint density at radius 3 is 2.52 bits per heavy atom. The number of ether oxygens (including phenoxy) is 1. The van der Waals surface area contributed by atoms with Crippen molar-refractivity contribution in [3.8, 4) is 5.75 Å². The number of benzene rings is 2. The van der Waals surface area contributed by atoms with Gasteiger partial charge in [-0.3, -0.25) is 14.5 Å². The lowest BCUT2D eigenvalue weighted by Crippen LogP contribution is -2.30. The van der Waals surface area contributed by atoms with Crippen LogP contribution in [0.1, 0.15) is 42.7 Å². The van der Waals surface area contributed by atoms with Crippen LogP contribution in [0.3, 0.4) is 0 Å². The summed E-state index contributed by atoms with van der Waals surface area (Å²) >= 11 is 0. The largest absolute Gasteiger partial charge is 0.507 e. The number of aliphatic hydroxyl groups is 1. The summed E-state index contributed by atoms with van der Waals surface area (Å²) in [4.78, 5) is 26.8. The number of amides is 1. The topological polar surface area (TPSA) is 80.0 Å². The van der Waals surface area contributed by atoms with Gasteiger partial charge >= 0.3 is 0 Å². The molecule has 4 rings (SSSR count). The maximum atomic E-state index is 14.6. The summed E-state index contributed by atoms with van der Waals surface area (Å²) in [5, 5.41) is 11.2. The normalized spacial score (nSPS) is 17.8. The zero-order valence-electron chi connectivity index (χ0n) is 18.1. The smallest absolute Gasteiger partial charge is 0.300 e. The molecule has 1 atom stereocenters. The van der Waals surface area contributed by atoms with Crippen LogP contribution in [-0.2, 0) is 9.59 Å². The number of Topliss-reactive ketones (excluding diaryl/α,β-unsaturated/α-hetero) is 1. The fourth-order valence-electron chi connectivity index (χ4n) is 3.96. The van der Waals surface area contributed by atoms with Crippen molar-refractivity contribution in [1.29, 1.82) is 0 Å². The molecule has 2 heterocycles. The summed E-state index contributed by atoms with van der Waals surface area (Å²) < 4.78 is 39.3. The Labute approximate surface area is 188 Å². The molecule has 1 aromatic heterocycles. The number of nitrogens with zero attached hydrogens (tertiary/aromatic N) is 1. The van der Waals surface area contributed by atoms with E-state index < -0.39 is 40.8 Å². The Morgan fingerprint density at radius 1 is 1.12 bits per heavy atom. The van der Waals surface area contributed by atoms with Crippen LogP contribution in [0.4, 0.5) is 14.5 Å². The molecule has 2 aromatic carbocycles. The third kappa shape index (κ3) is 3.77. The van der Waals surface area contributed by atoms with Crippen molar-refractivity contribution in [2.24, 2.45) is 0 Å². The average Bonchev–Trinajstić information content (AvgIpc) is 3.41. The first kappa shape index (κ1) is 22.3. The molecule has 0 spiro atoms. The monoisotopic (exact) mass is 453 g/mol. The summed E-state index contributed by atoms with van der Waals surface area (Å²) in [7, 11) is 1.52. The minimum atomic E-state index is -1.29. The quantitative estimate of drug-likeness (QED) is 0.322. The maximum absolute atomic E-state index is 14.6. The molecule has 1 fully saturated rings. The maximum Gasteiger partial charge on any atom is 0.300 e. The second-order valence-corrected chi connectivity index (χ2v) is 7.89. The molecule has 0 aliphatic carbocycles. The minimum absolute atomic E-state index is 0.0392. The van der Waals surface area contributed by atoms with Crippen LogP contribution in [0.5, 0.6) is 5.75 Å². The van der Waals surface area contributed by atoms with E-state index >= 15 is 0 Å². The van der Waals surface area contributed by atoms with E-state index in [4.69, 9.17) is 9.15 Å². The number of furan rings is 1. The zero-order chi connectivity index (χ0) is 23.9. The predicted molar refractivity (Wildman–Crippen MR) is 117 cm³/mol. The number of hydrogen-bond acceptors (Lipinski definition) is 5. The van der Waals surface area contributed by atoms with Crippen LogP contribution < -0.4 is 9.64 Å². The molecule has 1 unspecified atom stereocenters. The van der Waals surface area contributed by atoms with Crippen LogP contribution in [0.25, 0.3) is 5.76 Å². The van der Waals surface area contributed by atoms with Crippen LogP contribution in [0.15, 0.2) is 64.8 Å². The van der Waals surface area contributed by atoms with Crippen molar-refractivity contribution in [3.63, 3.8) is 0 Å². The predicted octanol–water partition coefficient (Wildman–Crippen LogP) is 5.32. The lowest BCUT2D eigenvalue weighted by atomic mass is 9.95. The molecule has 8 heteroatoms. The van der Waals surface area contributed by atoms with Crippen molar-refractivity contribution < 1.29 is 32.6 Å². The number of hydrogen-bond donors (Lipinski definition) is 1. The SMILES string of the molecule is COc1ccc(/C(O)=C2/C(=O)C(=O)N(c3cc(F)ccc3F)C2c2ccco2)cc1C(C)C. The van der Waals surface area contributed by atoms with E-state index in [0.29, 0.717) is 5.75 Å². The first-order valence-electron chi connectivity index (χ1n) is 10.2. The molecule has 0 saturated carbocycles. The van der Waals surface area contributed by atoms with Crippen LogP contribution >= 0.6 is 0 Å². The van der Waals surface area contributed by atoms with E-state index in [-0.39, 0.29) is 22.8 Å². The zero-order valence-corrected chi connectivity index (χ0v) is 18.1. The number of anilines is 1. The summed E-state index contributed by atoms with van der Waals surface area (Å²) in [5.41, 5.74) is 0.323. The van der Waals surface area contributed by atoms with E-state index in [1.165, 1.54) is 25.5 Å². The fourth-order valence-corrected chi connectivity index (χ4v) is 3.96. The molecule has 0 bridgehead atoms. The second kappa shape index (κ2) is 8.54. The van der Waals surface area contributed by atoms with E-state index in [0.717, 1.165) is 28.7 Å². The molecule has 1 saturated heterocycles. The summed E-state index contributed by atoms with van der Waals surface area (Å²) in [6.45, 7) is 3.88. The molecule has 1 N–H and O–H groups in total. The van der Waals surface area contributed by atoms with Crippen molar-refractivity contribution in [1.82, 2.24) is 0 Å². The van der Waals surface area contributed by atoms with Gasteiger partial charge in [0.05, 0.1) is 24.6 Å². The summed E-state index contributed by atoms with van der Waals surface area (Å²) in [6, 6.07) is 9.17. The van der Waals surface area contributed by atoms with Crippen molar-refractivity contribution in [3.05, 3.63) is 88.9 Å². The highest BCUT2D eigenvalue weighted by molar-refractivity contribution is 6.51. The molecular weight excluding hydrogens is 432 g/mol. The first-order chi connectivity index (χ1) is 15.7. The number of methoxy groups -OCH3 is 1. The molecule has 0 radical (unpaired) electrons. The van der Waals surface area contributed by atoms with E-state index in [9.17, 15) is 23.5 Å². The van der Waals surface area contributed by atoms with Gasteiger partial charge in [0.2, 0.25) is 0 Å². The summed E-state index contributed by atoms with van der Waals surface area (Å²) in [5.74, 6) is -3.55. The highest BCUT2D eigenvalue weighted by atomic mass is 19.1. The van der Waals surface area contributed by atoms with Crippen LogP contribution in [-0.4, -0.2) is 23.9 Å². The molecular formula is C25H21F2NO5. The Balaban J connectivity index is 1.95. The van der Waals surface area contributed by atoms with Crippen molar-refractivity contribution >= 4 is 23.1 Å². The van der Waals surface area contributed by atoms with Gasteiger partial charge in [0.25, 0.3) is 11.7 Å².